The zero-order chi connectivity index (χ0) is 22.9. The van der Waals surface area contributed by atoms with Crippen LogP contribution in [0.15, 0.2) is 30.6 Å². The number of ether oxygens (including phenoxy) is 1. The number of nitrogens with zero attached hydrogens (tertiary/aromatic N) is 5. The van der Waals surface area contributed by atoms with Crippen molar-refractivity contribution in [1.82, 2.24) is 14.9 Å². The van der Waals surface area contributed by atoms with Gasteiger partial charge in [0, 0.05) is 38.8 Å². The second-order valence-electron chi connectivity index (χ2n) is 8.92. The summed E-state index contributed by atoms with van der Waals surface area (Å²) in [4.78, 5) is 31.1. The van der Waals surface area contributed by atoms with Gasteiger partial charge in [-0.25, -0.2) is 9.97 Å². The highest BCUT2D eigenvalue weighted by Gasteiger charge is 2.29. The molecule has 4 heterocycles. The lowest BCUT2D eigenvalue weighted by Crippen LogP contribution is -2.48. The smallest absolute Gasteiger partial charge is 0.264 e. The molecule has 1 amide bonds. The molecule has 2 aromatic heterocycles. The Morgan fingerprint density at radius 3 is 2.64 bits per heavy atom. The van der Waals surface area contributed by atoms with Gasteiger partial charge >= 0.3 is 0 Å². The number of para-hydroxylation sites is 2. The minimum atomic E-state index is 0.104. The molecule has 2 aliphatic rings. The first kappa shape index (κ1) is 21.9. The first-order chi connectivity index (χ1) is 16.1. The van der Waals surface area contributed by atoms with Crippen molar-refractivity contribution < 1.29 is 9.53 Å². The van der Waals surface area contributed by atoms with E-state index in [0.717, 1.165) is 57.5 Å². The first-order valence-corrected chi connectivity index (χ1v) is 12.6. The minimum Gasteiger partial charge on any atom is -0.495 e. The molecule has 1 atom stereocenters. The molecule has 0 saturated carbocycles. The van der Waals surface area contributed by atoms with E-state index in [-0.39, 0.29) is 5.91 Å². The van der Waals surface area contributed by atoms with Gasteiger partial charge in [0.25, 0.3) is 5.91 Å². The fourth-order valence-corrected chi connectivity index (χ4v) is 6.18. The number of fused-ring (bicyclic) bond motifs is 1. The topological polar surface area (TPSA) is 61.8 Å². The number of aromatic nitrogens is 2. The Kier molecular flexibility index (Phi) is 6.10. The van der Waals surface area contributed by atoms with E-state index in [2.05, 4.69) is 39.7 Å². The summed E-state index contributed by atoms with van der Waals surface area (Å²) in [5, 5.41) is 1.05. The highest BCUT2D eigenvalue weighted by Crippen LogP contribution is 2.37. The quantitative estimate of drug-likeness (QED) is 0.571. The molecule has 1 unspecified atom stereocenters. The summed E-state index contributed by atoms with van der Waals surface area (Å²) in [6, 6.07) is 8.52. The van der Waals surface area contributed by atoms with E-state index in [0.29, 0.717) is 19.1 Å². The van der Waals surface area contributed by atoms with Crippen LogP contribution in [0.2, 0.25) is 0 Å². The number of piperazine rings is 1. The summed E-state index contributed by atoms with van der Waals surface area (Å²) >= 11 is 1.51. The molecule has 174 valence electrons. The molecule has 33 heavy (non-hydrogen) atoms. The van der Waals surface area contributed by atoms with Crippen molar-refractivity contribution in [1.29, 1.82) is 0 Å². The molecule has 1 aromatic carbocycles. The lowest BCUT2D eigenvalue weighted by Gasteiger charge is -2.36. The zero-order valence-electron chi connectivity index (χ0n) is 19.6. The Bertz CT molecular complexity index is 1150. The molecule has 5 rings (SSSR count). The number of amides is 1. The van der Waals surface area contributed by atoms with E-state index >= 15 is 0 Å². The molecule has 0 radical (unpaired) electrons. The average Bonchev–Trinajstić information content (AvgIpc) is 3.20. The van der Waals surface area contributed by atoms with Gasteiger partial charge in [0.2, 0.25) is 0 Å². The van der Waals surface area contributed by atoms with Gasteiger partial charge in [0.05, 0.1) is 23.1 Å². The highest BCUT2D eigenvalue weighted by molar-refractivity contribution is 7.20. The Balaban J connectivity index is 1.37. The summed E-state index contributed by atoms with van der Waals surface area (Å²) in [5.74, 6) is 1.96. The first-order valence-electron chi connectivity index (χ1n) is 11.8. The predicted molar refractivity (Wildman–Crippen MR) is 134 cm³/mol. The van der Waals surface area contributed by atoms with Gasteiger partial charge in [-0.2, -0.15) is 0 Å². The number of aryl methyl sites for hydroxylation is 1. The van der Waals surface area contributed by atoms with Gasteiger partial charge in [-0.1, -0.05) is 12.1 Å². The Labute approximate surface area is 199 Å². The molecular weight excluding hydrogens is 434 g/mol. The maximum Gasteiger partial charge on any atom is 0.264 e. The Morgan fingerprint density at radius 2 is 1.88 bits per heavy atom. The maximum atomic E-state index is 13.5. The number of benzene rings is 1. The number of hydrogen-bond donors (Lipinski definition) is 0. The van der Waals surface area contributed by atoms with Crippen LogP contribution in [0.4, 0.5) is 11.5 Å². The van der Waals surface area contributed by atoms with Crippen molar-refractivity contribution in [2.24, 2.45) is 0 Å². The summed E-state index contributed by atoms with van der Waals surface area (Å²) in [7, 11) is 1.70. The van der Waals surface area contributed by atoms with E-state index < -0.39 is 0 Å². The number of rotatable bonds is 4. The molecule has 2 fully saturated rings. The SMILES string of the molecule is COc1ccccc1N1CCN(C(=O)c2sc3ncnc(N4CCCCC4C)c3c2C)CC1. The van der Waals surface area contributed by atoms with Crippen LogP contribution in [-0.4, -0.2) is 66.7 Å². The third-order valence-corrected chi connectivity index (χ3v) is 8.16. The number of hydrogen-bond acceptors (Lipinski definition) is 7. The number of anilines is 2. The van der Waals surface area contributed by atoms with Crippen LogP contribution in [0.3, 0.4) is 0 Å². The largest absolute Gasteiger partial charge is 0.495 e. The summed E-state index contributed by atoms with van der Waals surface area (Å²) in [6.45, 7) is 8.27. The standard InChI is InChI=1S/C25H31N5O2S/c1-17-8-6-7-11-30(17)23-21-18(2)22(33-24(21)27-16-26-23)25(31)29-14-12-28(13-15-29)19-9-4-5-10-20(19)32-3/h4-5,9-10,16-17H,6-8,11-15H2,1-3H3. The van der Waals surface area contributed by atoms with Gasteiger partial charge in [0.1, 0.15) is 22.7 Å². The van der Waals surface area contributed by atoms with Gasteiger partial charge in [-0.15, -0.1) is 11.3 Å². The number of carbonyl (C=O) groups excluding carboxylic acids is 1. The van der Waals surface area contributed by atoms with E-state index in [4.69, 9.17) is 4.74 Å². The van der Waals surface area contributed by atoms with Crippen molar-refractivity contribution in [3.63, 3.8) is 0 Å². The summed E-state index contributed by atoms with van der Waals surface area (Å²) < 4.78 is 5.52. The number of piperidine rings is 1. The van der Waals surface area contributed by atoms with Crippen LogP contribution in [0.1, 0.15) is 41.4 Å². The monoisotopic (exact) mass is 465 g/mol. The maximum absolute atomic E-state index is 13.5. The third kappa shape index (κ3) is 4.01. The number of thiophene rings is 1. The van der Waals surface area contributed by atoms with E-state index in [1.807, 2.05) is 23.1 Å². The normalized spacial score (nSPS) is 19.2. The van der Waals surface area contributed by atoms with Crippen molar-refractivity contribution in [3.05, 3.63) is 41.0 Å². The van der Waals surface area contributed by atoms with E-state index in [9.17, 15) is 4.79 Å². The molecule has 8 heteroatoms. The Morgan fingerprint density at radius 1 is 1.09 bits per heavy atom. The van der Waals surface area contributed by atoms with Crippen molar-refractivity contribution >= 4 is 39.0 Å². The summed E-state index contributed by atoms with van der Waals surface area (Å²) in [5.41, 5.74) is 2.10. The van der Waals surface area contributed by atoms with Gasteiger partial charge in [-0.3, -0.25) is 4.79 Å². The van der Waals surface area contributed by atoms with Crippen LogP contribution in [-0.2, 0) is 0 Å². The molecule has 0 bridgehead atoms. The van der Waals surface area contributed by atoms with E-state index in [1.54, 1.807) is 13.4 Å². The van der Waals surface area contributed by atoms with Gasteiger partial charge in [0.15, 0.2) is 0 Å². The van der Waals surface area contributed by atoms with Crippen molar-refractivity contribution in [2.45, 2.75) is 39.2 Å². The van der Waals surface area contributed by atoms with Crippen LogP contribution in [0.5, 0.6) is 5.75 Å². The van der Waals surface area contributed by atoms with Crippen molar-refractivity contribution in [3.8, 4) is 5.75 Å². The third-order valence-electron chi connectivity index (χ3n) is 6.97. The number of methoxy groups -OCH3 is 1. The Hall–Kier alpha value is -2.87. The lowest BCUT2D eigenvalue weighted by molar-refractivity contribution is 0.0751. The molecule has 7 nitrogen and oxygen atoms in total. The minimum absolute atomic E-state index is 0.104. The lowest BCUT2D eigenvalue weighted by atomic mass is 10.0. The molecular formula is C25H31N5O2S. The van der Waals surface area contributed by atoms with Crippen LogP contribution < -0.4 is 14.5 Å². The zero-order valence-corrected chi connectivity index (χ0v) is 20.4. The fourth-order valence-electron chi connectivity index (χ4n) is 5.07. The molecule has 0 spiro atoms. The molecule has 0 N–H and O–H groups in total. The average molecular weight is 466 g/mol. The highest BCUT2D eigenvalue weighted by atomic mass is 32.1. The molecule has 2 aliphatic heterocycles. The molecule has 2 saturated heterocycles. The second kappa shape index (κ2) is 9.17. The summed E-state index contributed by atoms with van der Waals surface area (Å²) in [6.07, 6.45) is 5.27. The van der Waals surface area contributed by atoms with E-state index in [1.165, 1.54) is 30.6 Å². The fraction of sp³-hybridized carbons (Fsp3) is 0.480. The predicted octanol–water partition coefficient (Wildman–Crippen LogP) is 4.35. The van der Waals surface area contributed by atoms with Gasteiger partial charge in [-0.05, 0) is 50.8 Å². The molecule has 3 aromatic rings. The van der Waals surface area contributed by atoms with Crippen LogP contribution >= 0.6 is 11.3 Å². The van der Waals surface area contributed by atoms with Crippen molar-refractivity contribution in [2.75, 3.05) is 49.6 Å². The van der Waals surface area contributed by atoms with Crippen LogP contribution in [0, 0.1) is 6.92 Å². The second-order valence-corrected chi connectivity index (χ2v) is 9.92. The molecule has 0 aliphatic carbocycles. The number of carbonyl (C=O) groups is 1. The van der Waals surface area contributed by atoms with Crippen LogP contribution in [0.25, 0.3) is 10.2 Å². The van der Waals surface area contributed by atoms with Gasteiger partial charge < -0.3 is 19.4 Å².